The number of rotatable bonds is 4. The summed E-state index contributed by atoms with van der Waals surface area (Å²) in [5, 5.41) is 9.42. The van der Waals surface area contributed by atoms with Crippen LogP contribution in [-0.4, -0.2) is 50.7 Å². The molecule has 1 saturated heterocycles. The molecule has 0 spiro atoms. The summed E-state index contributed by atoms with van der Waals surface area (Å²) in [5.41, 5.74) is 4.08. The van der Waals surface area contributed by atoms with Crippen LogP contribution in [0.5, 0.6) is 11.5 Å². The van der Waals surface area contributed by atoms with E-state index in [1.54, 1.807) is 20.4 Å². The molecule has 1 aromatic heterocycles. The summed E-state index contributed by atoms with van der Waals surface area (Å²) >= 11 is 0. The second-order valence-electron chi connectivity index (χ2n) is 6.13. The minimum Gasteiger partial charge on any atom is -0.493 e. The molecule has 6 nitrogen and oxygen atoms in total. The van der Waals surface area contributed by atoms with E-state index in [0.717, 1.165) is 48.3 Å². The second kappa shape index (κ2) is 7.17. The number of benzene rings is 2. The molecular weight excluding hydrogens is 330 g/mol. The molecule has 1 fully saturated rings. The van der Waals surface area contributed by atoms with Crippen LogP contribution in [0.3, 0.4) is 0 Å². The Bertz CT molecular complexity index is 923. The largest absolute Gasteiger partial charge is 0.493 e. The number of hydrogen-bond donors (Lipinski definition) is 0. The highest BCUT2D eigenvalue weighted by molar-refractivity contribution is 5.96. The van der Waals surface area contributed by atoms with Gasteiger partial charge in [0.2, 0.25) is 0 Å². The fraction of sp³-hybridized carbons (Fsp3) is 0.300. The van der Waals surface area contributed by atoms with Gasteiger partial charge in [-0.05, 0) is 23.8 Å². The van der Waals surface area contributed by atoms with Gasteiger partial charge in [-0.2, -0.15) is 10.2 Å². The molecule has 2 heterocycles. The van der Waals surface area contributed by atoms with Gasteiger partial charge in [0.15, 0.2) is 11.5 Å². The molecule has 1 aliphatic heterocycles. The lowest BCUT2D eigenvalue weighted by Gasteiger charge is -2.29. The Labute approximate surface area is 152 Å². The minimum atomic E-state index is 0.647. The number of fused-ring (bicyclic) bond motifs is 1. The van der Waals surface area contributed by atoms with Crippen LogP contribution in [0, 0.1) is 0 Å². The Balaban J connectivity index is 1.81. The summed E-state index contributed by atoms with van der Waals surface area (Å²) in [5.74, 6) is 1.33. The normalized spacial score (nSPS) is 14.5. The maximum absolute atomic E-state index is 5.46. The molecule has 2 aromatic carbocycles. The van der Waals surface area contributed by atoms with Crippen molar-refractivity contribution in [2.24, 2.45) is 0 Å². The molecule has 0 N–H and O–H groups in total. The lowest BCUT2D eigenvalue weighted by atomic mass is 10.0. The summed E-state index contributed by atoms with van der Waals surface area (Å²) in [4.78, 5) is 2.34. The molecule has 0 aliphatic carbocycles. The first-order valence-electron chi connectivity index (χ1n) is 8.60. The molecule has 0 unspecified atom stereocenters. The highest BCUT2D eigenvalue weighted by Crippen LogP contribution is 2.36. The number of anilines is 1. The third kappa shape index (κ3) is 3.04. The molecule has 4 rings (SSSR count). The predicted octanol–water partition coefficient (Wildman–Crippen LogP) is 3.15. The van der Waals surface area contributed by atoms with Crippen molar-refractivity contribution in [2.75, 3.05) is 45.4 Å². The summed E-state index contributed by atoms with van der Waals surface area (Å²) < 4.78 is 16.3. The maximum atomic E-state index is 5.46. The molecule has 0 bridgehead atoms. The maximum Gasteiger partial charge on any atom is 0.162 e. The van der Waals surface area contributed by atoms with Crippen LogP contribution in [-0.2, 0) is 4.74 Å². The van der Waals surface area contributed by atoms with Gasteiger partial charge in [-0.1, -0.05) is 12.1 Å². The van der Waals surface area contributed by atoms with E-state index in [1.165, 1.54) is 5.69 Å². The average molecular weight is 351 g/mol. The van der Waals surface area contributed by atoms with Crippen LogP contribution < -0.4 is 14.4 Å². The molecule has 3 aromatic rings. The molecule has 6 heteroatoms. The fourth-order valence-electron chi connectivity index (χ4n) is 3.31. The Kier molecular flexibility index (Phi) is 4.58. The zero-order valence-corrected chi connectivity index (χ0v) is 14.9. The van der Waals surface area contributed by atoms with Crippen LogP contribution >= 0.6 is 0 Å². The number of nitrogens with zero attached hydrogens (tertiary/aromatic N) is 3. The first-order valence-corrected chi connectivity index (χ1v) is 8.60. The highest BCUT2D eigenvalue weighted by Gasteiger charge is 2.14. The smallest absolute Gasteiger partial charge is 0.162 e. The molecular formula is C20H21N3O3. The SMILES string of the molecule is COc1cc2nncc(-c3cccc(N4CCOCC4)c3)c2cc1OC. The number of hydrogen-bond acceptors (Lipinski definition) is 6. The van der Waals surface area contributed by atoms with Crippen molar-refractivity contribution in [3.63, 3.8) is 0 Å². The zero-order chi connectivity index (χ0) is 17.9. The third-order valence-corrected chi connectivity index (χ3v) is 4.68. The van der Waals surface area contributed by atoms with Crippen molar-refractivity contribution in [3.05, 3.63) is 42.6 Å². The quantitative estimate of drug-likeness (QED) is 0.720. The van der Waals surface area contributed by atoms with E-state index in [2.05, 4.69) is 39.4 Å². The molecule has 0 radical (unpaired) electrons. The second-order valence-corrected chi connectivity index (χ2v) is 6.13. The van der Waals surface area contributed by atoms with Crippen LogP contribution in [0.25, 0.3) is 22.0 Å². The molecule has 26 heavy (non-hydrogen) atoms. The molecule has 1 aliphatic rings. The number of methoxy groups -OCH3 is 2. The first-order chi connectivity index (χ1) is 12.8. The topological polar surface area (TPSA) is 56.7 Å². The first kappa shape index (κ1) is 16.6. The van der Waals surface area contributed by atoms with Crippen molar-refractivity contribution in [2.45, 2.75) is 0 Å². The van der Waals surface area contributed by atoms with E-state index in [1.807, 2.05) is 12.1 Å². The van der Waals surface area contributed by atoms with Crippen LogP contribution in [0.2, 0.25) is 0 Å². The van der Waals surface area contributed by atoms with Crippen molar-refractivity contribution in [1.82, 2.24) is 10.2 Å². The fourth-order valence-corrected chi connectivity index (χ4v) is 3.31. The van der Waals surface area contributed by atoms with Crippen molar-refractivity contribution in [1.29, 1.82) is 0 Å². The van der Waals surface area contributed by atoms with E-state index >= 15 is 0 Å². The van der Waals surface area contributed by atoms with Gasteiger partial charge >= 0.3 is 0 Å². The number of aromatic nitrogens is 2. The van der Waals surface area contributed by atoms with Crippen molar-refractivity contribution in [3.8, 4) is 22.6 Å². The Morgan fingerprint density at radius 3 is 2.54 bits per heavy atom. The average Bonchev–Trinajstić information content (AvgIpc) is 2.73. The van der Waals surface area contributed by atoms with Gasteiger partial charge in [0.1, 0.15) is 0 Å². The van der Waals surface area contributed by atoms with Crippen LogP contribution in [0.4, 0.5) is 5.69 Å². The van der Waals surface area contributed by atoms with E-state index in [4.69, 9.17) is 14.2 Å². The third-order valence-electron chi connectivity index (χ3n) is 4.68. The summed E-state index contributed by atoms with van der Waals surface area (Å²) in [7, 11) is 3.25. The summed E-state index contributed by atoms with van der Waals surface area (Å²) in [6, 6.07) is 12.3. The summed E-state index contributed by atoms with van der Waals surface area (Å²) in [6.45, 7) is 3.34. The highest BCUT2D eigenvalue weighted by atomic mass is 16.5. The van der Waals surface area contributed by atoms with Gasteiger partial charge in [-0.3, -0.25) is 0 Å². The van der Waals surface area contributed by atoms with Gasteiger partial charge < -0.3 is 19.1 Å². The monoisotopic (exact) mass is 351 g/mol. The number of morpholine rings is 1. The van der Waals surface area contributed by atoms with E-state index in [0.29, 0.717) is 11.5 Å². The van der Waals surface area contributed by atoms with E-state index in [9.17, 15) is 0 Å². The van der Waals surface area contributed by atoms with Crippen LogP contribution in [0.15, 0.2) is 42.6 Å². The van der Waals surface area contributed by atoms with Gasteiger partial charge in [-0.15, -0.1) is 0 Å². The molecule has 0 atom stereocenters. The Morgan fingerprint density at radius 1 is 1.00 bits per heavy atom. The summed E-state index contributed by atoms with van der Waals surface area (Å²) in [6.07, 6.45) is 1.80. The van der Waals surface area contributed by atoms with Gasteiger partial charge in [0.25, 0.3) is 0 Å². The van der Waals surface area contributed by atoms with Crippen LogP contribution in [0.1, 0.15) is 0 Å². The minimum absolute atomic E-state index is 0.647. The number of ether oxygens (including phenoxy) is 3. The van der Waals surface area contributed by atoms with Gasteiger partial charge in [-0.25, -0.2) is 0 Å². The molecule has 134 valence electrons. The predicted molar refractivity (Wildman–Crippen MR) is 101 cm³/mol. The lowest BCUT2D eigenvalue weighted by Crippen LogP contribution is -2.36. The zero-order valence-electron chi connectivity index (χ0n) is 14.9. The Morgan fingerprint density at radius 2 is 1.77 bits per heavy atom. The molecule has 0 saturated carbocycles. The van der Waals surface area contributed by atoms with E-state index < -0.39 is 0 Å². The Hall–Kier alpha value is -2.86. The van der Waals surface area contributed by atoms with E-state index in [-0.39, 0.29) is 0 Å². The van der Waals surface area contributed by atoms with Crippen molar-refractivity contribution >= 4 is 16.6 Å². The standard InChI is InChI=1S/C20H21N3O3/c1-24-19-11-16-17(13-21-22-18(16)12-20(19)25-2)14-4-3-5-15(10-14)23-6-8-26-9-7-23/h3-5,10-13H,6-9H2,1-2H3. The van der Waals surface area contributed by atoms with Crippen molar-refractivity contribution < 1.29 is 14.2 Å². The lowest BCUT2D eigenvalue weighted by molar-refractivity contribution is 0.122. The molecule has 0 amide bonds. The van der Waals surface area contributed by atoms with Gasteiger partial charge in [0, 0.05) is 35.8 Å². The van der Waals surface area contributed by atoms with Gasteiger partial charge in [0.05, 0.1) is 39.1 Å².